The normalized spacial score (nSPS) is 17.5. The Hall–Kier alpha value is -1.44. The number of carbonyl (C=O) groups is 1. The van der Waals surface area contributed by atoms with E-state index >= 15 is 0 Å². The maximum atomic E-state index is 12.8. The largest absolute Gasteiger partial charge is 0.435 e. The van der Waals surface area contributed by atoms with E-state index in [0.717, 1.165) is 13.1 Å². The number of ether oxygens (including phenoxy) is 2. The van der Waals surface area contributed by atoms with Crippen molar-refractivity contribution >= 4 is 18.3 Å². The van der Waals surface area contributed by atoms with Crippen molar-refractivity contribution in [2.24, 2.45) is 5.41 Å². The zero-order valence-electron chi connectivity index (χ0n) is 14.4. The van der Waals surface area contributed by atoms with Crippen LogP contribution in [-0.4, -0.2) is 39.3 Å². The van der Waals surface area contributed by atoms with Gasteiger partial charge in [0.2, 0.25) is 5.91 Å². The predicted molar refractivity (Wildman–Crippen MR) is 93.3 cm³/mol. The number of methoxy groups -OCH3 is 1. The van der Waals surface area contributed by atoms with Gasteiger partial charge in [0.1, 0.15) is 5.75 Å². The van der Waals surface area contributed by atoms with E-state index in [9.17, 15) is 13.6 Å². The molecule has 5 nitrogen and oxygen atoms in total. The molecule has 1 aliphatic rings. The summed E-state index contributed by atoms with van der Waals surface area (Å²) in [5.74, 6) is 0.00982. The summed E-state index contributed by atoms with van der Waals surface area (Å²) in [5.41, 5.74) is 0.161. The Morgan fingerprint density at radius 2 is 2.04 bits per heavy atom. The van der Waals surface area contributed by atoms with E-state index in [4.69, 9.17) is 4.74 Å². The standard InChI is InChI=1S/C17H24F2N2O3.ClH/c1-12(13-4-3-5-14(10-13)24-16(18)19)21-15(22)17(11-23-2)6-8-20-9-7-17;/h3-5,10,12,16,20H,6-9,11H2,1-2H3,(H,21,22);1H. The molecule has 0 aliphatic carbocycles. The topological polar surface area (TPSA) is 59.6 Å². The molecule has 25 heavy (non-hydrogen) atoms. The number of nitrogens with one attached hydrogen (secondary N) is 2. The van der Waals surface area contributed by atoms with E-state index in [-0.39, 0.29) is 30.1 Å². The second kappa shape index (κ2) is 9.89. The Morgan fingerprint density at radius 3 is 2.64 bits per heavy atom. The number of amides is 1. The Labute approximate surface area is 152 Å². The summed E-state index contributed by atoms with van der Waals surface area (Å²) < 4.78 is 34.3. The van der Waals surface area contributed by atoms with Gasteiger partial charge in [-0.25, -0.2) is 0 Å². The van der Waals surface area contributed by atoms with E-state index in [2.05, 4.69) is 15.4 Å². The Balaban J connectivity index is 0.00000312. The van der Waals surface area contributed by atoms with Gasteiger partial charge in [0.25, 0.3) is 0 Å². The fourth-order valence-electron chi connectivity index (χ4n) is 3.01. The molecule has 0 aromatic heterocycles. The van der Waals surface area contributed by atoms with Crippen LogP contribution in [0, 0.1) is 5.41 Å². The monoisotopic (exact) mass is 378 g/mol. The molecule has 2 N–H and O–H groups in total. The van der Waals surface area contributed by atoms with Gasteiger partial charge in [0.05, 0.1) is 18.1 Å². The van der Waals surface area contributed by atoms with Crippen molar-refractivity contribution in [3.8, 4) is 5.75 Å². The molecule has 2 rings (SSSR count). The van der Waals surface area contributed by atoms with E-state index in [1.807, 2.05) is 6.92 Å². The van der Waals surface area contributed by atoms with Gasteiger partial charge in [0, 0.05) is 7.11 Å². The fourth-order valence-corrected chi connectivity index (χ4v) is 3.01. The minimum Gasteiger partial charge on any atom is -0.435 e. The van der Waals surface area contributed by atoms with Gasteiger partial charge in [-0.1, -0.05) is 12.1 Å². The highest BCUT2D eigenvalue weighted by atomic mass is 35.5. The Bertz CT molecular complexity index is 549. The van der Waals surface area contributed by atoms with Crippen molar-refractivity contribution in [1.82, 2.24) is 10.6 Å². The molecule has 1 fully saturated rings. The summed E-state index contributed by atoms with van der Waals surface area (Å²) in [6.07, 6.45) is 1.40. The number of piperidine rings is 1. The van der Waals surface area contributed by atoms with E-state index in [1.54, 1.807) is 19.2 Å². The zero-order chi connectivity index (χ0) is 17.6. The van der Waals surface area contributed by atoms with Crippen LogP contribution in [0.5, 0.6) is 5.75 Å². The molecular weight excluding hydrogens is 354 g/mol. The second-order valence-corrected chi connectivity index (χ2v) is 6.11. The molecule has 142 valence electrons. The van der Waals surface area contributed by atoms with Crippen LogP contribution in [0.2, 0.25) is 0 Å². The number of benzene rings is 1. The lowest BCUT2D eigenvalue weighted by Gasteiger charge is -2.36. The van der Waals surface area contributed by atoms with Crippen LogP contribution in [0.15, 0.2) is 24.3 Å². The molecule has 1 aromatic carbocycles. The molecule has 1 aliphatic heterocycles. The number of carbonyl (C=O) groups excluding carboxylic acids is 1. The maximum absolute atomic E-state index is 12.8. The summed E-state index contributed by atoms with van der Waals surface area (Å²) >= 11 is 0. The quantitative estimate of drug-likeness (QED) is 0.766. The minimum atomic E-state index is -2.87. The third kappa shape index (κ3) is 5.80. The van der Waals surface area contributed by atoms with Gasteiger partial charge in [0.15, 0.2) is 0 Å². The zero-order valence-corrected chi connectivity index (χ0v) is 15.2. The van der Waals surface area contributed by atoms with Crippen LogP contribution in [-0.2, 0) is 9.53 Å². The first kappa shape index (κ1) is 21.6. The number of hydrogen-bond acceptors (Lipinski definition) is 4. The average Bonchev–Trinajstić information content (AvgIpc) is 2.55. The summed E-state index contributed by atoms with van der Waals surface area (Å²) in [6.45, 7) is 0.846. The SMILES string of the molecule is COCC1(C(=O)NC(C)c2cccc(OC(F)F)c2)CCNCC1.Cl. The molecule has 1 aromatic rings. The molecule has 0 saturated carbocycles. The van der Waals surface area contributed by atoms with Crippen molar-refractivity contribution in [3.63, 3.8) is 0 Å². The van der Waals surface area contributed by atoms with Crippen LogP contribution < -0.4 is 15.4 Å². The number of hydrogen-bond donors (Lipinski definition) is 2. The summed E-state index contributed by atoms with van der Waals surface area (Å²) in [7, 11) is 1.59. The van der Waals surface area contributed by atoms with Crippen molar-refractivity contribution in [2.45, 2.75) is 32.4 Å². The molecule has 1 saturated heterocycles. The van der Waals surface area contributed by atoms with Crippen LogP contribution in [0.25, 0.3) is 0 Å². The highest BCUT2D eigenvalue weighted by molar-refractivity contribution is 5.85. The van der Waals surface area contributed by atoms with Crippen LogP contribution in [0.3, 0.4) is 0 Å². The van der Waals surface area contributed by atoms with E-state index < -0.39 is 12.0 Å². The number of rotatable bonds is 7. The number of halogens is 3. The fraction of sp³-hybridized carbons (Fsp3) is 0.588. The molecule has 8 heteroatoms. The van der Waals surface area contributed by atoms with E-state index in [0.29, 0.717) is 25.0 Å². The van der Waals surface area contributed by atoms with Gasteiger partial charge in [-0.2, -0.15) is 8.78 Å². The molecule has 0 radical (unpaired) electrons. The van der Waals surface area contributed by atoms with Crippen LogP contribution >= 0.6 is 12.4 Å². The summed E-state index contributed by atoms with van der Waals surface area (Å²) in [5, 5.41) is 6.22. The third-order valence-electron chi connectivity index (χ3n) is 4.39. The van der Waals surface area contributed by atoms with Crippen molar-refractivity contribution in [1.29, 1.82) is 0 Å². The van der Waals surface area contributed by atoms with Crippen molar-refractivity contribution < 1.29 is 23.0 Å². The third-order valence-corrected chi connectivity index (χ3v) is 4.39. The molecule has 1 unspecified atom stereocenters. The van der Waals surface area contributed by atoms with Crippen LogP contribution in [0.1, 0.15) is 31.4 Å². The number of alkyl halides is 2. The molecule has 0 spiro atoms. The molecular formula is C17H25ClF2N2O3. The first-order valence-corrected chi connectivity index (χ1v) is 8.02. The van der Waals surface area contributed by atoms with Gasteiger partial charge in [-0.05, 0) is 50.6 Å². The lowest BCUT2D eigenvalue weighted by Crippen LogP contribution is -2.50. The highest BCUT2D eigenvalue weighted by Gasteiger charge is 2.40. The predicted octanol–water partition coefficient (Wildman–Crippen LogP) is 2.90. The molecule has 1 amide bonds. The summed E-state index contributed by atoms with van der Waals surface area (Å²) in [6, 6.07) is 6.06. The van der Waals surface area contributed by atoms with Crippen LogP contribution in [0.4, 0.5) is 8.78 Å². The van der Waals surface area contributed by atoms with Gasteiger partial charge in [-0.3, -0.25) is 4.79 Å². The Kier molecular flexibility index (Phi) is 8.55. The first-order valence-electron chi connectivity index (χ1n) is 8.02. The molecule has 1 atom stereocenters. The second-order valence-electron chi connectivity index (χ2n) is 6.11. The average molecular weight is 379 g/mol. The van der Waals surface area contributed by atoms with Crippen molar-refractivity contribution in [3.05, 3.63) is 29.8 Å². The lowest BCUT2D eigenvalue weighted by molar-refractivity contribution is -0.136. The molecule has 0 bridgehead atoms. The summed E-state index contributed by atoms with van der Waals surface area (Å²) in [4.78, 5) is 12.8. The van der Waals surface area contributed by atoms with Gasteiger partial charge < -0.3 is 20.1 Å². The lowest BCUT2D eigenvalue weighted by atomic mass is 9.78. The highest BCUT2D eigenvalue weighted by Crippen LogP contribution is 2.31. The molecule has 1 heterocycles. The minimum absolute atomic E-state index is 0. The van der Waals surface area contributed by atoms with Crippen molar-refractivity contribution in [2.75, 3.05) is 26.8 Å². The van der Waals surface area contributed by atoms with E-state index in [1.165, 1.54) is 12.1 Å². The first-order chi connectivity index (χ1) is 11.5. The van der Waals surface area contributed by atoms with Gasteiger partial charge >= 0.3 is 6.61 Å². The van der Waals surface area contributed by atoms with Gasteiger partial charge in [-0.15, -0.1) is 12.4 Å². The Morgan fingerprint density at radius 1 is 1.36 bits per heavy atom. The smallest absolute Gasteiger partial charge is 0.387 e. The maximum Gasteiger partial charge on any atom is 0.387 e.